The van der Waals surface area contributed by atoms with Crippen molar-refractivity contribution in [1.82, 2.24) is 14.5 Å². The van der Waals surface area contributed by atoms with Gasteiger partial charge in [-0.25, -0.2) is 9.97 Å². The van der Waals surface area contributed by atoms with Crippen LogP contribution in [0.4, 0.5) is 5.82 Å². The van der Waals surface area contributed by atoms with Crippen molar-refractivity contribution in [3.63, 3.8) is 0 Å². The molecule has 5 rings (SSSR count). The molecule has 2 aromatic heterocycles. The van der Waals surface area contributed by atoms with Crippen molar-refractivity contribution in [3.05, 3.63) is 98.9 Å². The molecule has 0 radical (unpaired) electrons. The van der Waals surface area contributed by atoms with E-state index in [0.29, 0.717) is 5.82 Å². The van der Waals surface area contributed by atoms with Gasteiger partial charge in [0, 0.05) is 17.2 Å². The number of nitrogen functional groups attached to an aromatic ring is 1. The Balaban J connectivity index is 1.51. The fourth-order valence-corrected chi connectivity index (χ4v) is 6.30. The lowest BCUT2D eigenvalue weighted by Crippen LogP contribution is -2.23. The molecule has 0 saturated heterocycles. The molecule has 4 aromatic rings. The number of benzene rings is 2. The molecule has 0 amide bonds. The number of hydrogen-bond acceptors (Lipinski definition) is 5. The van der Waals surface area contributed by atoms with Gasteiger partial charge in [-0.1, -0.05) is 48.9 Å². The molecule has 0 aliphatic heterocycles. The third-order valence-electron chi connectivity index (χ3n) is 8.31. The fourth-order valence-electron chi connectivity index (χ4n) is 6.30. The number of pyridine rings is 1. The molecule has 0 bridgehead atoms. The van der Waals surface area contributed by atoms with Crippen molar-refractivity contribution in [2.75, 3.05) is 12.3 Å². The summed E-state index contributed by atoms with van der Waals surface area (Å²) in [5.74, 6) is 0.659. The second-order valence-corrected chi connectivity index (χ2v) is 10.7. The summed E-state index contributed by atoms with van der Waals surface area (Å²) in [6.07, 6.45) is 8.01. The average Bonchev–Trinajstić information content (AvgIpc) is 2.92. The lowest BCUT2D eigenvalue weighted by molar-refractivity contribution is 0.348. The zero-order chi connectivity index (χ0) is 27.5. The lowest BCUT2D eigenvalue weighted by atomic mass is 9.82. The molecule has 39 heavy (non-hydrogen) atoms. The average molecular weight is 523 g/mol. The topological polar surface area (TPSA) is 94.0 Å². The van der Waals surface area contributed by atoms with E-state index in [1.54, 1.807) is 6.33 Å². The van der Waals surface area contributed by atoms with E-state index in [4.69, 9.17) is 10.7 Å². The standard InChI is InChI=1S/C33H38N4O2/c1-4-23-12-8-13-24(31-30(27(23)19-38)32(34)36-20-35-31)14-9-16-26-18-25-15-7-11-22(3)29(25)33(39)37(26)28-17-6-5-10-21(28)2/h5-7,10-11,15,17-18,20,24,38H,4,8-9,12-14,16,19H2,1-3H3,(H2,34,35,36). The Labute approximate surface area is 230 Å². The van der Waals surface area contributed by atoms with Gasteiger partial charge >= 0.3 is 0 Å². The van der Waals surface area contributed by atoms with Gasteiger partial charge in [0.15, 0.2) is 0 Å². The number of aryl methyl sites for hydroxylation is 3. The molecular weight excluding hydrogens is 484 g/mol. The summed E-state index contributed by atoms with van der Waals surface area (Å²) in [6.45, 7) is 6.13. The quantitative estimate of drug-likeness (QED) is 0.292. The van der Waals surface area contributed by atoms with Gasteiger partial charge in [0.2, 0.25) is 0 Å². The number of para-hydroxylation sites is 1. The summed E-state index contributed by atoms with van der Waals surface area (Å²) in [5, 5.41) is 12.0. The van der Waals surface area contributed by atoms with E-state index < -0.39 is 0 Å². The third-order valence-corrected chi connectivity index (χ3v) is 8.31. The third kappa shape index (κ3) is 5.13. The molecule has 0 fully saturated rings. The molecule has 2 heterocycles. The smallest absolute Gasteiger partial charge is 0.263 e. The largest absolute Gasteiger partial charge is 0.392 e. The molecular formula is C33H38N4O2. The predicted molar refractivity (Wildman–Crippen MR) is 159 cm³/mol. The molecule has 0 saturated carbocycles. The van der Waals surface area contributed by atoms with Gasteiger partial charge in [0.25, 0.3) is 5.56 Å². The maximum absolute atomic E-state index is 13.9. The van der Waals surface area contributed by atoms with E-state index >= 15 is 0 Å². The monoisotopic (exact) mass is 522 g/mol. The van der Waals surface area contributed by atoms with E-state index in [9.17, 15) is 9.90 Å². The van der Waals surface area contributed by atoms with Gasteiger partial charge < -0.3 is 10.8 Å². The number of fused-ring (bicyclic) bond motifs is 2. The summed E-state index contributed by atoms with van der Waals surface area (Å²) in [7, 11) is 0. The SMILES string of the molecule is CCC1=C(CO)c2c(N)ncnc2C(CCCc2cc3cccc(C)c3c(=O)n2-c2ccccc2C)CCC1. The van der Waals surface area contributed by atoms with Crippen molar-refractivity contribution in [2.45, 2.75) is 71.6 Å². The number of rotatable bonds is 7. The summed E-state index contributed by atoms with van der Waals surface area (Å²) < 4.78 is 1.91. The van der Waals surface area contributed by atoms with Crippen LogP contribution < -0.4 is 11.3 Å². The Morgan fingerprint density at radius 2 is 1.87 bits per heavy atom. The Kier molecular flexibility index (Phi) is 7.94. The maximum Gasteiger partial charge on any atom is 0.263 e. The van der Waals surface area contributed by atoms with Crippen LogP contribution in [0.5, 0.6) is 0 Å². The molecule has 6 heteroatoms. The van der Waals surface area contributed by atoms with E-state index in [1.165, 1.54) is 5.57 Å². The number of aliphatic hydroxyl groups excluding tert-OH is 1. The highest BCUT2D eigenvalue weighted by Crippen LogP contribution is 2.39. The summed E-state index contributed by atoms with van der Waals surface area (Å²) in [6, 6.07) is 16.3. The molecule has 1 unspecified atom stereocenters. The molecule has 1 aliphatic carbocycles. The van der Waals surface area contributed by atoms with Crippen LogP contribution in [0.2, 0.25) is 0 Å². The first-order valence-corrected chi connectivity index (χ1v) is 14.1. The van der Waals surface area contributed by atoms with E-state index in [0.717, 1.165) is 95.1 Å². The van der Waals surface area contributed by atoms with E-state index in [1.807, 2.05) is 47.9 Å². The van der Waals surface area contributed by atoms with Crippen LogP contribution in [0.25, 0.3) is 22.0 Å². The molecule has 3 N–H and O–H groups in total. The Morgan fingerprint density at radius 1 is 1.08 bits per heavy atom. The first-order valence-electron chi connectivity index (χ1n) is 14.1. The zero-order valence-electron chi connectivity index (χ0n) is 23.2. The van der Waals surface area contributed by atoms with Crippen LogP contribution >= 0.6 is 0 Å². The molecule has 2 aromatic carbocycles. The van der Waals surface area contributed by atoms with Crippen molar-refractivity contribution in [1.29, 1.82) is 0 Å². The maximum atomic E-state index is 13.9. The van der Waals surface area contributed by atoms with Crippen molar-refractivity contribution in [2.24, 2.45) is 0 Å². The lowest BCUT2D eigenvalue weighted by Gasteiger charge is -2.26. The minimum atomic E-state index is -0.0559. The second kappa shape index (κ2) is 11.5. The van der Waals surface area contributed by atoms with Crippen LogP contribution in [-0.2, 0) is 6.42 Å². The van der Waals surface area contributed by atoms with Gasteiger partial charge in [-0.15, -0.1) is 0 Å². The molecule has 0 spiro atoms. The van der Waals surface area contributed by atoms with Gasteiger partial charge in [-0.3, -0.25) is 9.36 Å². The normalized spacial score (nSPS) is 15.7. The summed E-state index contributed by atoms with van der Waals surface area (Å²) in [5.41, 5.74) is 14.4. The second-order valence-electron chi connectivity index (χ2n) is 10.7. The van der Waals surface area contributed by atoms with Crippen LogP contribution in [-0.4, -0.2) is 26.2 Å². The predicted octanol–water partition coefficient (Wildman–Crippen LogP) is 6.43. The zero-order valence-corrected chi connectivity index (χ0v) is 23.2. The van der Waals surface area contributed by atoms with Crippen molar-refractivity contribution >= 4 is 22.2 Å². The number of allylic oxidation sites excluding steroid dienone is 1. The highest BCUT2D eigenvalue weighted by atomic mass is 16.3. The number of aromatic nitrogens is 3. The first-order chi connectivity index (χ1) is 18.9. The minimum Gasteiger partial charge on any atom is -0.392 e. The summed E-state index contributed by atoms with van der Waals surface area (Å²) >= 11 is 0. The van der Waals surface area contributed by atoms with Crippen LogP contribution in [0.1, 0.15) is 79.4 Å². The van der Waals surface area contributed by atoms with Gasteiger partial charge in [-0.05, 0) is 93.0 Å². The molecule has 6 nitrogen and oxygen atoms in total. The van der Waals surface area contributed by atoms with Gasteiger partial charge in [0.05, 0.1) is 23.4 Å². The van der Waals surface area contributed by atoms with E-state index in [2.05, 4.69) is 31.0 Å². The highest BCUT2D eigenvalue weighted by molar-refractivity contribution is 5.85. The molecule has 1 aliphatic rings. The first kappa shape index (κ1) is 26.8. The number of hydrogen-bond donors (Lipinski definition) is 2. The van der Waals surface area contributed by atoms with Crippen LogP contribution in [0, 0.1) is 13.8 Å². The molecule has 1 atom stereocenters. The Bertz CT molecular complexity index is 1600. The number of nitrogens with zero attached hydrogens (tertiary/aromatic N) is 3. The number of nitrogens with two attached hydrogens (primary N) is 1. The van der Waals surface area contributed by atoms with Crippen molar-refractivity contribution < 1.29 is 5.11 Å². The van der Waals surface area contributed by atoms with E-state index in [-0.39, 0.29) is 18.1 Å². The highest BCUT2D eigenvalue weighted by Gasteiger charge is 2.25. The van der Waals surface area contributed by atoms with Gasteiger partial charge in [-0.2, -0.15) is 0 Å². The molecule has 202 valence electrons. The Hall–Kier alpha value is -3.77. The van der Waals surface area contributed by atoms with Crippen LogP contribution in [0.15, 0.2) is 65.2 Å². The minimum absolute atomic E-state index is 0.0385. The summed E-state index contributed by atoms with van der Waals surface area (Å²) in [4.78, 5) is 22.9. The Morgan fingerprint density at radius 3 is 2.64 bits per heavy atom. The number of anilines is 1. The fraction of sp³-hybridized carbons (Fsp3) is 0.364. The number of aliphatic hydroxyl groups is 1. The van der Waals surface area contributed by atoms with Gasteiger partial charge in [0.1, 0.15) is 12.1 Å². The van der Waals surface area contributed by atoms with Crippen LogP contribution in [0.3, 0.4) is 0 Å². The van der Waals surface area contributed by atoms with Crippen molar-refractivity contribution in [3.8, 4) is 5.69 Å².